The molecule has 1 N–H and O–H groups in total. The Balaban J connectivity index is 1.73. The van der Waals surface area contributed by atoms with Gasteiger partial charge in [0.05, 0.1) is 18.5 Å². The molecule has 0 radical (unpaired) electrons. The largest absolute Gasteiger partial charge is 0.494 e. The lowest BCUT2D eigenvalue weighted by Crippen LogP contribution is -2.12. The predicted octanol–water partition coefficient (Wildman–Crippen LogP) is 3.39. The molecule has 0 bridgehead atoms. The van der Waals surface area contributed by atoms with Gasteiger partial charge in [-0.2, -0.15) is 0 Å². The van der Waals surface area contributed by atoms with Gasteiger partial charge in [0.25, 0.3) is 5.91 Å². The van der Waals surface area contributed by atoms with E-state index in [1.54, 1.807) is 30.6 Å². The molecule has 0 aliphatic heterocycles. The van der Waals surface area contributed by atoms with Crippen molar-refractivity contribution in [1.29, 1.82) is 0 Å². The summed E-state index contributed by atoms with van der Waals surface area (Å²) in [5, 5.41) is 6.51. The summed E-state index contributed by atoms with van der Waals surface area (Å²) in [6.07, 6.45) is 3.20. The van der Waals surface area contributed by atoms with E-state index in [1.807, 2.05) is 31.2 Å². The minimum atomic E-state index is -0.348. The van der Waals surface area contributed by atoms with Gasteiger partial charge < -0.3 is 14.6 Å². The van der Waals surface area contributed by atoms with Gasteiger partial charge in [0.15, 0.2) is 11.5 Å². The van der Waals surface area contributed by atoms with Crippen LogP contribution in [0.2, 0.25) is 0 Å². The second-order valence-corrected chi connectivity index (χ2v) is 4.73. The van der Waals surface area contributed by atoms with Crippen LogP contribution in [0.1, 0.15) is 17.4 Å². The van der Waals surface area contributed by atoms with Crippen LogP contribution in [0.25, 0.3) is 11.3 Å². The Hall–Kier alpha value is -3.15. The van der Waals surface area contributed by atoms with Crippen molar-refractivity contribution in [1.82, 2.24) is 10.1 Å². The minimum Gasteiger partial charge on any atom is -0.494 e. The number of nitrogens with one attached hydrogen (secondary N) is 1. The number of rotatable bonds is 5. The van der Waals surface area contributed by atoms with Crippen molar-refractivity contribution in [2.24, 2.45) is 0 Å². The number of pyridine rings is 1. The number of ether oxygens (including phenoxy) is 1. The van der Waals surface area contributed by atoms with Crippen molar-refractivity contribution < 1.29 is 14.1 Å². The Morgan fingerprint density at radius 1 is 1.26 bits per heavy atom. The van der Waals surface area contributed by atoms with Gasteiger partial charge in [-0.05, 0) is 43.3 Å². The van der Waals surface area contributed by atoms with Gasteiger partial charge in [0.1, 0.15) is 5.75 Å². The number of carbonyl (C=O) groups is 1. The third kappa shape index (κ3) is 3.55. The van der Waals surface area contributed by atoms with Gasteiger partial charge in [-0.1, -0.05) is 5.16 Å². The second kappa shape index (κ2) is 6.74. The molecule has 3 aromatic rings. The van der Waals surface area contributed by atoms with Crippen LogP contribution in [0, 0.1) is 0 Å². The van der Waals surface area contributed by atoms with Crippen LogP contribution in [-0.4, -0.2) is 22.7 Å². The highest BCUT2D eigenvalue weighted by Crippen LogP contribution is 2.23. The molecule has 0 atom stereocenters. The Morgan fingerprint density at radius 3 is 2.78 bits per heavy atom. The quantitative estimate of drug-likeness (QED) is 0.781. The Kier molecular flexibility index (Phi) is 4.33. The van der Waals surface area contributed by atoms with Gasteiger partial charge in [-0.15, -0.1) is 0 Å². The van der Waals surface area contributed by atoms with E-state index in [1.165, 1.54) is 0 Å². The molecule has 0 spiro atoms. The van der Waals surface area contributed by atoms with Crippen LogP contribution in [-0.2, 0) is 0 Å². The Bertz CT molecular complexity index is 782. The van der Waals surface area contributed by atoms with Crippen molar-refractivity contribution in [3.05, 3.63) is 60.6 Å². The average Bonchev–Trinajstić information content (AvgIpc) is 3.07. The molecule has 3 rings (SSSR count). The molecule has 1 amide bonds. The van der Waals surface area contributed by atoms with E-state index in [2.05, 4.69) is 15.5 Å². The fraction of sp³-hybridized carbons (Fsp3) is 0.118. The molecule has 6 nitrogen and oxygen atoms in total. The molecular weight excluding hydrogens is 294 g/mol. The normalized spacial score (nSPS) is 10.3. The zero-order chi connectivity index (χ0) is 16.1. The van der Waals surface area contributed by atoms with E-state index < -0.39 is 0 Å². The maximum atomic E-state index is 12.1. The van der Waals surface area contributed by atoms with E-state index in [-0.39, 0.29) is 11.6 Å². The topological polar surface area (TPSA) is 77.2 Å². The highest BCUT2D eigenvalue weighted by molar-refractivity contribution is 6.03. The summed E-state index contributed by atoms with van der Waals surface area (Å²) in [4.78, 5) is 16.1. The van der Waals surface area contributed by atoms with E-state index in [0.717, 1.165) is 11.3 Å². The smallest absolute Gasteiger partial charge is 0.277 e. The number of hydrogen-bond donors (Lipinski definition) is 1. The van der Waals surface area contributed by atoms with Crippen molar-refractivity contribution in [2.75, 3.05) is 11.9 Å². The lowest BCUT2D eigenvalue weighted by molar-refractivity contribution is 0.101. The highest BCUT2D eigenvalue weighted by Gasteiger charge is 2.14. The summed E-state index contributed by atoms with van der Waals surface area (Å²) in [5.41, 5.74) is 1.63. The summed E-state index contributed by atoms with van der Waals surface area (Å²) >= 11 is 0. The zero-order valence-electron chi connectivity index (χ0n) is 12.5. The maximum absolute atomic E-state index is 12.1. The maximum Gasteiger partial charge on any atom is 0.277 e. The molecule has 0 saturated carbocycles. The van der Waals surface area contributed by atoms with Crippen molar-refractivity contribution in [2.45, 2.75) is 6.92 Å². The second-order valence-electron chi connectivity index (χ2n) is 4.73. The van der Waals surface area contributed by atoms with E-state index in [9.17, 15) is 4.79 Å². The van der Waals surface area contributed by atoms with Crippen molar-refractivity contribution in [3.8, 4) is 17.1 Å². The number of benzene rings is 1. The van der Waals surface area contributed by atoms with E-state index in [4.69, 9.17) is 9.26 Å². The number of hydrogen-bond acceptors (Lipinski definition) is 5. The standard InChI is InChI=1S/C17H15N3O3/c1-2-22-14-7-5-12(6-8-14)16-10-15(20-23-16)17(21)19-13-4-3-9-18-11-13/h3-11H,2H2,1H3,(H,19,21). The summed E-state index contributed by atoms with van der Waals surface area (Å²) in [7, 11) is 0. The van der Waals surface area contributed by atoms with Crippen LogP contribution >= 0.6 is 0 Å². The number of nitrogens with zero attached hydrogens (tertiary/aromatic N) is 2. The Labute approximate surface area is 133 Å². The summed E-state index contributed by atoms with van der Waals surface area (Å²) in [6, 6.07) is 12.5. The average molecular weight is 309 g/mol. The molecule has 116 valence electrons. The van der Waals surface area contributed by atoms with Crippen molar-refractivity contribution in [3.63, 3.8) is 0 Å². The van der Waals surface area contributed by atoms with Gasteiger partial charge in [0, 0.05) is 17.8 Å². The molecule has 0 aliphatic carbocycles. The molecule has 23 heavy (non-hydrogen) atoms. The van der Waals surface area contributed by atoms with Crippen LogP contribution in [0.3, 0.4) is 0 Å². The van der Waals surface area contributed by atoms with Gasteiger partial charge >= 0.3 is 0 Å². The zero-order valence-corrected chi connectivity index (χ0v) is 12.5. The Morgan fingerprint density at radius 2 is 2.09 bits per heavy atom. The van der Waals surface area contributed by atoms with E-state index >= 15 is 0 Å². The minimum absolute atomic E-state index is 0.206. The van der Waals surface area contributed by atoms with Crippen LogP contribution in [0.5, 0.6) is 5.75 Å². The highest BCUT2D eigenvalue weighted by atomic mass is 16.5. The molecule has 0 fully saturated rings. The molecule has 0 aliphatic rings. The molecule has 0 saturated heterocycles. The monoisotopic (exact) mass is 309 g/mol. The first-order valence-electron chi connectivity index (χ1n) is 7.17. The lowest BCUT2D eigenvalue weighted by atomic mass is 10.1. The van der Waals surface area contributed by atoms with E-state index in [0.29, 0.717) is 18.1 Å². The fourth-order valence-electron chi connectivity index (χ4n) is 2.03. The molecular formula is C17H15N3O3. The molecule has 0 unspecified atom stereocenters. The molecule has 2 aromatic heterocycles. The summed E-state index contributed by atoms with van der Waals surface area (Å²) in [6.45, 7) is 2.54. The van der Waals surface area contributed by atoms with Gasteiger partial charge in [0.2, 0.25) is 0 Å². The first-order chi connectivity index (χ1) is 11.3. The lowest BCUT2D eigenvalue weighted by Gasteiger charge is -2.02. The third-order valence-corrected chi connectivity index (χ3v) is 3.11. The first kappa shape index (κ1) is 14.8. The molecule has 2 heterocycles. The summed E-state index contributed by atoms with van der Waals surface area (Å²) in [5.74, 6) is 0.952. The van der Waals surface area contributed by atoms with Crippen LogP contribution < -0.4 is 10.1 Å². The number of amides is 1. The number of carbonyl (C=O) groups excluding carboxylic acids is 1. The number of anilines is 1. The molecule has 1 aromatic carbocycles. The third-order valence-electron chi connectivity index (χ3n) is 3.11. The van der Waals surface area contributed by atoms with Crippen molar-refractivity contribution >= 4 is 11.6 Å². The SMILES string of the molecule is CCOc1ccc(-c2cc(C(=O)Nc3cccnc3)no2)cc1. The summed E-state index contributed by atoms with van der Waals surface area (Å²) < 4.78 is 10.6. The van der Waals surface area contributed by atoms with Crippen LogP contribution in [0.15, 0.2) is 59.4 Å². The predicted molar refractivity (Wildman–Crippen MR) is 85.3 cm³/mol. The number of aromatic nitrogens is 2. The van der Waals surface area contributed by atoms with Gasteiger partial charge in [-0.3, -0.25) is 9.78 Å². The van der Waals surface area contributed by atoms with Gasteiger partial charge in [-0.25, -0.2) is 0 Å². The fourth-order valence-corrected chi connectivity index (χ4v) is 2.03. The first-order valence-corrected chi connectivity index (χ1v) is 7.17. The molecule has 6 heteroatoms. The van der Waals surface area contributed by atoms with Crippen LogP contribution in [0.4, 0.5) is 5.69 Å².